The first-order valence-corrected chi connectivity index (χ1v) is 6.62. The minimum Gasteiger partial charge on any atom is -0.300 e. The standard InChI is InChI=1S/C12H20N2S/c15-10-13-11-6-8-14(9-7-11)12-4-2-1-3-5-12/h11-12H,1-9H2. The summed E-state index contributed by atoms with van der Waals surface area (Å²) in [4.78, 5) is 6.88. The highest BCUT2D eigenvalue weighted by Crippen LogP contribution is 2.25. The van der Waals surface area contributed by atoms with Gasteiger partial charge in [-0.3, -0.25) is 0 Å². The summed E-state index contributed by atoms with van der Waals surface area (Å²) in [6, 6.07) is 1.33. The summed E-state index contributed by atoms with van der Waals surface area (Å²) >= 11 is 4.66. The summed E-state index contributed by atoms with van der Waals surface area (Å²) in [6.45, 7) is 2.44. The number of aliphatic imine (C=N–C) groups is 1. The molecule has 0 bridgehead atoms. The quantitative estimate of drug-likeness (QED) is 0.529. The van der Waals surface area contributed by atoms with Crippen LogP contribution in [-0.2, 0) is 0 Å². The molecule has 0 radical (unpaired) electrons. The lowest BCUT2D eigenvalue weighted by atomic mass is 9.92. The highest BCUT2D eigenvalue weighted by atomic mass is 32.1. The molecule has 84 valence electrons. The Labute approximate surface area is 97.8 Å². The molecule has 0 aromatic heterocycles. The normalized spacial score (nSPS) is 26.1. The van der Waals surface area contributed by atoms with Gasteiger partial charge < -0.3 is 4.90 Å². The Morgan fingerprint density at radius 2 is 1.67 bits per heavy atom. The average Bonchev–Trinajstić information content (AvgIpc) is 2.32. The van der Waals surface area contributed by atoms with Crippen LogP contribution in [0.25, 0.3) is 0 Å². The van der Waals surface area contributed by atoms with Gasteiger partial charge in [-0.25, -0.2) is 4.99 Å². The second-order valence-electron chi connectivity index (χ2n) is 4.78. The molecule has 1 aliphatic heterocycles. The molecule has 2 fully saturated rings. The van der Waals surface area contributed by atoms with Crippen molar-refractivity contribution < 1.29 is 0 Å². The Balaban J connectivity index is 1.79. The first-order chi connectivity index (χ1) is 7.40. The van der Waals surface area contributed by atoms with Crippen molar-refractivity contribution in [2.24, 2.45) is 4.99 Å². The van der Waals surface area contributed by atoms with E-state index >= 15 is 0 Å². The van der Waals surface area contributed by atoms with Crippen LogP contribution in [0.4, 0.5) is 0 Å². The minimum absolute atomic E-state index is 0.461. The van der Waals surface area contributed by atoms with E-state index < -0.39 is 0 Å². The lowest BCUT2D eigenvalue weighted by molar-refractivity contribution is 0.123. The number of hydrogen-bond acceptors (Lipinski definition) is 3. The Kier molecular flexibility index (Phi) is 4.30. The van der Waals surface area contributed by atoms with E-state index in [1.165, 1.54) is 58.0 Å². The molecule has 2 nitrogen and oxygen atoms in total. The maximum Gasteiger partial charge on any atom is 0.0627 e. The summed E-state index contributed by atoms with van der Waals surface area (Å²) in [7, 11) is 0. The summed E-state index contributed by atoms with van der Waals surface area (Å²) < 4.78 is 0. The van der Waals surface area contributed by atoms with Crippen molar-refractivity contribution in [2.45, 2.75) is 57.0 Å². The van der Waals surface area contributed by atoms with Gasteiger partial charge in [-0.15, -0.1) is 0 Å². The molecule has 1 saturated carbocycles. The fourth-order valence-corrected chi connectivity index (χ4v) is 3.05. The summed E-state index contributed by atoms with van der Waals surface area (Å²) in [5.74, 6) is 0. The largest absolute Gasteiger partial charge is 0.300 e. The molecule has 1 aliphatic carbocycles. The Morgan fingerprint density at radius 1 is 1.00 bits per heavy atom. The van der Waals surface area contributed by atoms with Gasteiger partial charge in [0, 0.05) is 19.1 Å². The van der Waals surface area contributed by atoms with Crippen molar-refractivity contribution >= 4 is 17.4 Å². The van der Waals surface area contributed by atoms with Gasteiger partial charge in [0.2, 0.25) is 0 Å². The van der Waals surface area contributed by atoms with Crippen molar-refractivity contribution in [2.75, 3.05) is 13.1 Å². The van der Waals surface area contributed by atoms with Gasteiger partial charge in [-0.05, 0) is 37.9 Å². The minimum atomic E-state index is 0.461. The van der Waals surface area contributed by atoms with Gasteiger partial charge in [0.15, 0.2) is 0 Å². The van der Waals surface area contributed by atoms with E-state index in [1.807, 2.05) is 0 Å². The van der Waals surface area contributed by atoms with Gasteiger partial charge in [0.25, 0.3) is 0 Å². The highest BCUT2D eigenvalue weighted by molar-refractivity contribution is 7.78. The zero-order valence-electron chi connectivity index (χ0n) is 9.32. The second-order valence-corrected chi connectivity index (χ2v) is 4.96. The van der Waals surface area contributed by atoms with Gasteiger partial charge in [-0.2, -0.15) is 0 Å². The number of isothiocyanates is 1. The topological polar surface area (TPSA) is 15.6 Å². The molecule has 0 N–H and O–H groups in total. The van der Waals surface area contributed by atoms with Crippen LogP contribution < -0.4 is 0 Å². The van der Waals surface area contributed by atoms with Gasteiger partial charge in [0.05, 0.1) is 11.2 Å². The maximum atomic E-state index is 4.66. The molecule has 0 spiro atoms. The van der Waals surface area contributed by atoms with Crippen molar-refractivity contribution in [3.63, 3.8) is 0 Å². The number of likely N-dealkylation sites (tertiary alicyclic amines) is 1. The van der Waals surface area contributed by atoms with Crippen LogP contribution in [0.15, 0.2) is 4.99 Å². The summed E-state index contributed by atoms with van der Waals surface area (Å²) in [5.41, 5.74) is 0. The fourth-order valence-electron chi connectivity index (χ4n) is 2.90. The SMILES string of the molecule is S=C=NC1CCN(C2CCCCC2)CC1. The van der Waals surface area contributed by atoms with E-state index in [4.69, 9.17) is 0 Å². The number of hydrogen-bond donors (Lipinski definition) is 0. The maximum absolute atomic E-state index is 4.66. The average molecular weight is 224 g/mol. The van der Waals surface area contributed by atoms with Gasteiger partial charge in [0.1, 0.15) is 0 Å². The molecular weight excluding hydrogens is 204 g/mol. The molecular formula is C12H20N2S. The summed E-state index contributed by atoms with van der Waals surface area (Å²) in [5, 5.41) is 2.52. The number of nitrogens with zero attached hydrogens (tertiary/aromatic N) is 2. The molecule has 2 aliphatic rings. The van der Waals surface area contributed by atoms with Crippen LogP contribution in [-0.4, -0.2) is 35.2 Å². The lowest BCUT2D eigenvalue weighted by Gasteiger charge is -2.38. The van der Waals surface area contributed by atoms with E-state index in [0.29, 0.717) is 6.04 Å². The third-order valence-corrected chi connectivity index (χ3v) is 3.93. The van der Waals surface area contributed by atoms with E-state index in [1.54, 1.807) is 0 Å². The van der Waals surface area contributed by atoms with Crippen LogP contribution in [0, 0.1) is 0 Å². The van der Waals surface area contributed by atoms with Gasteiger partial charge in [-0.1, -0.05) is 19.3 Å². The molecule has 1 heterocycles. The Hall–Kier alpha value is -0.240. The zero-order chi connectivity index (χ0) is 10.5. The van der Waals surface area contributed by atoms with Gasteiger partial charge >= 0.3 is 0 Å². The predicted molar refractivity (Wildman–Crippen MR) is 66.5 cm³/mol. The van der Waals surface area contributed by atoms with Crippen molar-refractivity contribution in [3.05, 3.63) is 0 Å². The Morgan fingerprint density at radius 3 is 2.27 bits per heavy atom. The van der Waals surface area contributed by atoms with Crippen LogP contribution >= 0.6 is 12.2 Å². The van der Waals surface area contributed by atoms with E-state index in [2.05, 4.69) is 27.3 Å². The monoisotopic (exact) mass is 224 g/mol. The highest BCUT2D eigenvalue weighted by Gasteiger charge is 2.25. The molecule has 1 saturated heterocycles. The summed E-state index contributed by atoms with van der Waals surface area (Å²) in [6.07, 6.45) is 9.51. The molecule has 0 aromatic carbocycles. The van der Waals surface area contributed by atoms with Crippen LogP contribution in [0.5, 0.6) is 0 Å². The molecule has 15 heavy (non-hydrogen) atoms. The van der Waals surface area contributed by atoms with Crippen molar-refractivity contribution in [1.82, 2.24) is 4.90 Å². The van der Waals surface area contributed by atoms with Crippen molar-refractivity contribution in [1.29, 1.82) is 0 Å². The number of rotatable bonds is 2. The zero-order valence-corrected chi connectivity index (χ0v) is 10.1. The van der Waals surface area contributed by atoms with Crippen molar-refractivity contribution in [3.8, 4) is 0 Å². The van der Waals surface area contributed by atoms with E-state index in [0.717, 1.165) is 6.04 Å². The Bertz CT molecular complexity index is 234. The molecule has 0 amide bonds. The molecule has 2 rings (SSSR count). The third kappa shape index (κ3) is 3.10. The van der Waals surface area contributed by atoms with Crippen LogP contribution in [0.1, 0.15) is 44.9 Å². The molecule has 0 aromatic rings. The molecule has 3 heteroatoms. The van der Waals surface area contributed by atoms with E-state index in [9.17, 15) is 0 Å². The van der Waals surface area contributed by atoms with E-state index in [-0.39, 0.29) is 0 Å². The molecule has 0 unspecified atom stereocenters. The van der Waals surface area contributed by atoms with Crippen LogP contribution in [0.2, 0.25) is 0 Å². The number of thiocarbonyl (C=S) groups is 1. The predicted octanol–water partition coefficient (Wildman–Crippen LogP) is 2.89. The second kappa shape index (κ2) is 5.74. The fraction of sp³-hybridized carbons (Fsp3) is 0.917. The first-order valence-electron chi connectivity index (χ1n) is 6.21. The van der Waals surface area contributed by atoms with Crippen LogP contribution in [0.3, 0.4) is 0 Å². The smallest absolute Gasteiger partial charge is 0.0627 e. The third-order valence-electron chi connectivity index (χ3n) is 3.83. The first kappa shape index (κ1) is 11.3. The lowest BCUT2D eigenvalue weighted by Crippen LogP contribution is -2.43. The number of piperidine rings is 1. The molecule has 0 atom stereocenters.